The number of hydrogen-bond donors (Lipinski definition) is 1. The van der Waals surface area contributed by atoms with Crippen molar-refractivity contribution in [1.29, 1.82) is 0 Å². The lowest BCUT2D eigenvalue weighted by Gasteiger charge is -2.34. The van der Waals surface area contributed by atoms with Crippen LogP contribution in [0.25, 0.3) is 0 Å². The van der Waals surface area contributed by atoms with Gasteiger partial charge in [0, 0.05) is 17.7 Å². The molecule has 0 amide bonds. The minimum absolute atomic E-state index is 0.193. The van der Waals surface area contributed by atoms with Gasteiger partial charge in [-0.05, 0) is 36.5 Å². The maximum Gasteiger partial charge on any atom is 0.226 e. The number of ketones is 1. The Morgan fingerprint density at radius 1 is 1.28 bits per heavy atom. The minimum Gasteiger partial charge on any atom is -0.494 e. The molecule has 2 aromatic rings. The van der Waals surface area contributed by atoms with Crippen molar-refractivity contribution >= 4 is 11.7 Å². The van der Waals surface area contributed by atoms with Gasteiger partial charge in [0.05, 0.1) is 6.61 Å². The molecular weight excluding hydrogens is 316 g/mol. The summed E-state index contributed by atoms with van der Waals surface area (Å²) in [4.78, 5) is 17.1. The van der Waals surface area contributed by atoms with Crippen LogP contribution in [0.5, 0.6) is 5.75 Å². The SMILES string of the molecule is CCCOc1ccc([C@@H]2C3=C(C[C@H](C)CC3=O)Nc3ncnn32)cc1. The zero-order valence-corrected chi connectivity index (χ0v) is 14.5. The van der Waals surface area contributed by atoms with Crippen molar-refractivity contribution in [2.75, 3.05) is 11.9 Å². The number of nitrogens with zero attached hydrogens (tertiary/aromatic N) is 3. The van der Waals surface area contributed by atoms with Crippen molar-refractivity contribution in [2.45, 2.75) is 39.2 Å². The smallest absolute Gasteiger partial charge is 0.226 e. The van der Waals surface area contributed by atoms with Crippen molar-refractivity contribution in [3.63, 3.8) is 0 Å². The van der Waals surface area contributed by atoms with Crippen molar-refractivity contribution in [3.8, 4) is 5.75 Å². The Morgan fingerprint density at radius 3 is 2.84 bits per heavy atom. The predicted octanol–water partition coefficient (Wildman–Crippen LogP) is 3.33. The highest BCUT2D eigenvalue weighted by molar-refractivity contribution is 5.99. The first-order valence-electron chi connectivity index (χ1n) is 8.83. The van der Waals surface area contributed by atoms with Crippen LogP contribution >= 0.6 is 0 Å². The molecule has 1 aromatic heterocycles. The maximum atomic E-state index is 12.8. The van der Waals surface area contributed by atoms with Crippen LogP contribution in [0, 0.1) is 5.92 Å². The summed E-state index contributed by atoms with van der Waals surface area (Å²) in [5.41, 5.74) is 2.83. The molecule has 2 atom stereocenters. The number of carbonyl (C=O) groups excluding carboxylic acids is 1. The maximum absolute atomic E-state index is 12.8. The fourth-order valence-electron chi connectivity index (χ4n) is 3.62. The number of rotatable bonds is 4. The van der Waals surface area contributed by atoms with Crippen molar-refractivity contribution < 1.29 is 9.53 Å². The van der Waals surface area contributed by atoms with E-state index in [0.29, 0.717) is 24.9 Å². The summed E-state index contributed by atoms with van der Waals surface area (Å²) in [5.74, 6) is 2.07. The van der Waals surface area contributed by atoms with Gasteiger partial charge in [0.1, 0.15) is 18.1 Å². The summed E-state index contributed by atoms with van der Waals surface area (Å²) in [5, 5.41) is 7.66. The summed E-state index contributed by atoms with van der Waals surface area (Å²) < 4.78 is 7.47. The normalized spacial score (nSPS) is 22.2. The Kier molecular flexibility index (Phi) is 4.03. The van der Waals surface area contributed by atoms with Crippen LogP contribution in [-0.2, 0) is 4.79 Å². The average Bonchev–Trinajstić information content (AvgIpc) is 3.06. The van der Waals surface area contributed by atoms with E-state index in [4.69, 9.17) is 4.74 Å². The van der Waals surface area contributed by atoms with E-state index in [2.05, 4.69) is 29.2 Å². The summed E-state index contributed by atoms with van der Waals surface area (Å²) in [6.45, 7) is 4.89. The van der Waals surface area contributed by atoms with Gasteiger partial charge in [0.15, 0.2) is 5.78 Å². The highest BCUT2D eigenvalue weighted by Gasteiger charge is 2.37. The number of anilines is 1. The predicted molar refractivity (Wildman–Crippen MR) is 94.4 cm³/mol. The molecule has 0 saturated heterocycles. The van der Waals surface area contributed by atoms with Crippen molar-refractivity contribution in [1.82, 2.24) is 14.8 Å². The number of hydrogen-bond acceptors (Lipinski definition) is 5. The standard InChI is InChI=1S/C19H22N4O2/c1-3-8-25-14-6-4-13(5-7-14)18-17-15(9-12(2)10-16(17)24)22-19-20-11-21-23(18)19/h4-7,11-12,18H,3,8-10H2,1-2H3,(H,20,21,22)/t12-,18+/m0/s1. The minimum atomic E-state index is -0.228. The second-order valence-corrected chi connectivity index (χ2v) is 6.80. The van der Waals surface area contributed by atoms with Crippen LogP contribution < -0.4 is 10.1 Å². The lowest BCUT2D eigenvalue weighted by Crippen LogP contribution is -2.33. The fraction of sp³-hybridized carbons (Fsp3) is 0.421. The molecule has 0 spiro atoms. The van der Waals surface area contributed by atoms with Crippen LogP contribution in [0.4, 0.5) is 5.95 Å². The molecule has 1 N–H and O–H groups in total. The van der Waals surface area contributed by atoms with E-state index < -0.39 is 0 Å². The van der Waals surface area contributed by atoms with Crippen LogP contribution in [-0.4, -0.2) is 27.2 Å². The first kappa shape index (κ1) is 15.9. The van der Waals surface area contributed by atoms with Gasteiger partial charge < -0.3 is 10.1 Å². The molecule has 0 unspecified atom stereocenters. The quantitative estimate of drug-likeness (QED) is 0.926. The number of nitrogens with one attached hydrogen (secondary N) is 1. The average molecular weight is 338 g/mol. The van der Waals surface area contributed by atoms with E-state index in [1.54, 1.807) is 4.68 Å². The second-order valence-electron chi connectivity index (χ2n) is 6.80. The Bertz CT molecular complexity index is 822. The van der Waals surface area contributed by atoms with Gasteiger partial charge in [-0.3, -0.25) is 4.79 Å². The molecule has 25 heavy (non-hydrogen) atoms. The molecular formula is C19H22N4O2. The number of carbonyl (C=O) groups is 1. The van der Waals surface area contributed by atoms with E-state index >= 15 is 0 Å². The summed E-state index contributed by atoms with van der Waals surface area (Å²) in [6, 6.07) is 7.72. The molecule has 4 rings (SSSR count). The summed E-state index contributed by atoms with van der Waals surface area (Å²) >= 11 is 0. The summed E-state index contributed by atoms with van der Waals surface area (Å²) in [6.07, 6.45) is 3.95. The second kappa shape index (κ2) is 6.35. The molecule has 1 aromatic carbocycles. The molecule has 0 fully saturated rings. The monoisotopic (exact) mass is 338 g/mol. The molecule has 0 bridgehead atoms. The van der Waals surface area contributed by atoms with Gasteiger partial charge in [0.2, 0.25) is 5.95 Å². The number of aromatic nitrogens is 3. The van der Waals surface area contributed by atoms with Crippen LogP contribution in [0.3, 0.4) is 0 Å². The molecule has 130 valence electrons. The third-order valence-corrected chi connectivity index (χ3v) is 4.73. The lowest BCUT2D eigenvalue weighted by molar-refractivity contribution is -0.117. The lowest BCUT2D eigenvalue weighted by atomic mass is 9.81. The Morgan fingerprint density at radius 2 is 2.08 bits per heavy atom. The number of fused-ring (bicyclic) bond motifs is 1. The number of benzene rings is 1. The number of ether oxygens (including phenoxy) is 1. The number of Topliss-reactive ketones (excluding diaryl/α,β-unsaturated/α-hetero) is 1. The molecule has 6 nitrogen and oxygen atoms in total. The highest BCUT2D eigenvalue weighted by atomic mass is 16.5. The molecule has 6 heteroatoms. The Labute approximate surface area is 146 Å². The molecule has 1 aliphatic carbocycles. The third-order valence-electron chi connectivity index (χ3n) is 4.73. The first-order valence-corrected chi connectivity index (χ1v) is 8.83. The van der Waals surface area contributed by atoms with Crippen LogP contribution in [0.15, 0.2) is 41.9 Å². The Balaban J connectivity index is 1.75. The van der Waals surface area contributed by atoms with Crippen molar-refractivity contribution in [3.05, 3.63) is 47.4 Å². The zero-order valence-electron chi connectivity index (χ0n) is 14.5. The number of allylic oxidation sites excluding steroid dienone is 2. The zero-order chi connectivity index (χ0) is 17.4. The summed E-state index contributed by atoms with van der Waals surface area (Å²) in [7, 11) is 0. The Hall–Kier alpha value is -2.63. The van der Waals surface area contributed by atoms with Crippen LogP contribution in [0.1, 0.15) is 44.7 Å². The van der Waals surface area contributed by atoms with E-state index in [-0.39, 0.29) is 11.8 Å². The highest BCUT2D eigenvalue weighted by Crippen LogP contribution is 2.41. The topological polar surface area (TPSA) is 69.0 Å². The van der Waals surface area contributed by atoms with Crippen molar-refractivity contribution in [2.24, 2.45) is 5.92 Å². The van der Waals surface area contributed by atoms with Gasteiger partial charge in [-0.1, -0.05) is 26.0 Å². The van der Waals surface area contributed by atoms with E-state index in [0.717, 1.165) is 35.4 Å². The third kappa shape index (κ3) is 2.81. The van der Waals surface area contributed by atoms with E-state index in [1.807, 2.05) is 24.3 Å². The van der Waals surface area contributed by atoms with Gasteiger partial charge in [-0.2, -0.15) is 10.1 Å². The first-order chi connectivity index (χ1) is 12.2. The van der Waals surface area contributed by atoms with Gasteiger partial charge in [0.25, 0.3) is 0 Å². The molecule has 0 radical (unpaired) electrons. The largest absolute Gasteiger partial charge is 0.494 e. The van der Waals surface area contributed by atoms with E-state index in [1.165, 1.54) is 6.33 Å². The van der Waals surface area contributed by atoms with Gasteiger partial charge >= 0.3 is 0 Å². The molecule has 1 aliphatic heterocycles. The van der Waals surface area contributed by atoms with Gasteiger partial charge in [-0.15, -0.1) is 0 Å². The van der Waals surface area contributed by atoms with Crippen LogP contribution in [0.2, 0.25) is 0 Å². The fourth-order valence-corrected chi connectivity index (χ4v) is 3.62. The van der Waals surface area contributed by atoms with Gasteiger partial charge in [-0.25, -0.2) is 4.68 Å². The molecule has 0 saturated carbocycles. The van der Waals surface area contributed by atoms with E-state index in [9.17, 15) is 4.79 Å². The molecule has 2 heterocycles. The molecule has 2 aliphatic rings.